The third-order valence-corrected chi connectivity index (χ3v) is 5.45. The summed E-state index contributed by atoms with van der Waals surface area (Å²) in [6, 6.07) is 2.66. The second-order valence-electron chi connectivity index (χ2n) is 5.95. The molecule has 0 bridgehead atoms. The van der Waals surface area contributed by atoms with E-state index < -0.39 is 21.7 Å². The molecule has 26 heavy (non-hydrogen) atoms. The zero-order valence-corrected chi connectivity index (χ0v) is 14.3. The van der Waals surface area contributed by atoms with Gasteiger partial charge >= 0.3 is 6.01 Å². The zero-order chi connectivity index (χ0) is 18.5. The van der Waals surface area contributed by atoms with E-state index in [-0.39, 0.29) is 28.4 Å². The molecule has 1 saturated carbocycles. The highest BCUT2D eigenvalue weighted by Crippen LogP contribution is 2.42. The number of nitrogens with zero attached hydrogens (tertiary/aromatic N) is 4. The quantitative estimate of drug-likeness (QED) is 0.728. The molecule has 11 heteroatoms. The fraction of sp³-hybridized carbons (Fsp3) is 0.267. The zero-order valence-electron chi connectivity index (χ0n) is 13.5. The van der Waals surface area contributed by atoms with E-state index in [0.717, 1.165) is 25.0 Å². The van der Waals surface area contributed by atoms with Crippen LogP contribution >= 0.6 is 0 Å². The molecule has 0 aliphatic heterocycles. The number of rotatable bonds is 5. The lowest BCUT2D eigenvalue weighted by atomic mass is 10.2. The largest absolute Gasteiger partial charge is 0.403 e. The molecule has 8 nitrogen and oxygen atoms in total. The average molecular weight is 381 g/mol. The van der Waals surface area contributed by atoms with Gasteiger partial charge in [0.05, 0.1) is 6.20 Å². The Hall–Kier alpha value is -2.82. The standard InChI is InChI=1S/C15H13F2N5O3S/c1-22-14(10(7-18-22)8-2-3-8)26(23,24)21-15-20-19-13(25-15)9-4-5-11(16)12(17)6-9/h4-8H,2-3H2,1H3,(H,20,21). The lowest BCUT2D eigenvalue weighted by Gasteiger charge is -2.06. The first kappa shape index (κ1) is 16.6. The number of aromatic nitrogens is 4. The van der Waals surface area contributed by atoms with Crippen LogP contribution in [0.3, 0.4) is 0 Å². The van der Waals surface area contributed by atoms with E-state index in [4.69, 9.17) is 4.42 Å². The Kier molecular flexibility index (Phi) is 3.75. The van der Waals surface area contributed by atoms with E-state index >= 15 is 0 Å². The van der Waals surface area contributed by atoms with Gasteiger partial charge in [-0.15, -0.1) is 5.10 Å². The van der Waals surface area contributed by atoms with Crippen LogP contribution in [-0.2, 0) is 17.1 Å². The van der Waals surface area contributed by atoms with Gasteiger partial charge in [0.25, 0.3) is 10.0 Å². The Balaban J connectivity index is 1.63. The molecule has 136 valence electrons. The fourth-order valence-electron chi connectivity index (χ4n) is 2.62. The number of halogens is 2. The van der Waals surface area contributed by atoms with E-state index in [0.29, 0.717) is 5.56 Å². The minimum atomic E-state index is -4.00. The molecule has 1 N–H and O–H groups in total. The summed E-state index contributed by atoms with van der Waals surface area (Å²) < 4.78 is 60.4. The number of hydrogen-bond donors (Lipinski definition) is 1. The van der Waals surface area contributed by atoms with Crippen LogP contribution in [0.4, 0.5) is 14.8 Å². The first-order chi connectivity index (χ1) is 12.3. The summed E-state index contributed by atoms with van der Waals surface area (Å²) in [5, 5.41) is 11.3. The highest BCUT2D eigenvalue weighted by molar-refractivity contribution is 7.92. The number of nitrogens with one attached hydrogen (secondary N) is 1. The first-order valence-corrected chi connectivity index (χ1v) is 9.17. The fourth-order valence-corrected chi connectivity index (χ4v) is 3.95. The van der Waals surface area contributed by atoms with Gasteiger partial charge in [0.1, 0.15) is 0 Å². The lowest BCUT2D eigenvalue weighted by Crippen LogP contribution is -2.18. The topological polar surface area (TPSA) is 103 Å². The molecule has 1 aliphatic carbocycles. The van der Waals surface area contributed by atoms with Crippen molar-refractivity contribution >= 4 is 16.0 Å². The predicted octanol–water partition coefficient (Wildman–Crippen LogP) is 2.43. The van der Waals surface area contributed by atoms with E-state index in [2.05, 4.69) is 20.0 Å². The van der Waals surface area contributed by atoms with Gasteiger partial charge in [0.2, 0.25) is 5.89 Å². The van der Waals surface area contributed by atoms with Gasteiger partial charge in [-0.2, -0.15) is 13.5 Å². The molecule has 0 spiro atoms. The summed E-state index contributed by atoms with van der Waals surface area (Å²) >= 11 is 0. The molecule has 3 aromatic rings. The molecule has 1 aliphatic rings. The van der Waals surface area contributed by atoms with E-state index in [1.807, 2.05) is 0 Å². The van der Waals surface area contributed by atoms with E-state index in [1.165, 1.54) is 24.0 Å². The van der Waals surface area contributed by atoms with Crippen molar-refractivity contribution in [2.75, 3.05) is 4.72 Å². The molecule has 0 unspecified atom stereocenters. The van der Waals surface area contributed by atoms with Crippen LogP contribution in [0.1, 0.15) is 24.3 Å². The van der Waals surface area contributed by atoms with Gasteiger partial charge < -0.3 is 4.42 Å². The highest BCUT2D eigenvalue weighted by atomic mass is 32.2. The molecule has 0 saturated heterocycles. The lowest BCUT2D eigenvalue weighted by molar-refractivity contribution is 0.508. The number of benzene rings is 1. The third-order valence-electron chi connectivity index (χ3n) is 4.00. The molecule has 1 aromatic carbocycles. The Morgan fingerprint density at radius 3 is 2.69 bits per heavy atom. The molecular weight excluding hydrogens is 368 g/mol. The van der Waals surface area contributed by atoms with Crippen molar-refractivity contribution < 1.29 is 21.6 Å². The van der Waals surface area contributed by atoms with Crippen molar-refractivity contribution in [3.8, 4) is 11.5 Å². The number of sulfonamides is 1. The number of hydrogen-bond acceptors (Lipinski definition) is 6. The molecule has 0 atom stereocenters. The monoisotopic (exact) mass is 381 g/mol. The Morgan fingerprint density at radius 1 is 1.23 bits per heavy atom. The minimum absolute atomic E-state index is 0.0348. The summed E-state index contributed by atoms with van der Waals surface area (Å²) in [6.45, 7) is 0. The van der Waals surface area contributed by atoms with Crippen molar-refractivity contribution in [2.24, 2.45) is 7.05 Å². The Labute approximate surface area is 146 Å². The van der Waals surface area contributed by atoms with Gasteiger partial charge in [-0.25, -0.2) is 13.5 Å². The molecule has 0 amide bonds. The molecule has 1 fully saturated rings. The maximum Gasteiger partial charge on any atom is 0.330 e. The van der Waals surface area contributed by atoms with Crippen LogP contribution in [0, 0.1) is 11.6 Å². The Morgan fingerprint density at radius 2 is 2.00 bits per heavy atom. The van der Waals surface area contributed by atoms with Gasteiger partial charge in [0.15, 0.2) is 16.7 Å². The summed E-state index contributed by atoms with van der Waals surface area (Å²) in [6.07, 6.45) is 3.36. The van der Waals surface area contributed by atoms with Crippen LogP contribution in [0.15, 0.2) is 33.8 Å². The number of anilines is 1. The molecule has 0 radical (unpaired) electrons. The number of aryl methyl sites for hydroxylation is 1. The van der Waals surface area contributed by atoms with E-state index in [1.54, 1.807) is 0 Å². The highest BCUT2D eigenvalue weighted by Gasteiger charge is 2.34. The third kappa shape index (κ3) is 2.94. The summed E-state index contributed by atoms with van der Waals surface area (Å²) in [7, 11) is -2.47. The Bertz CT molecular complexity index is 1090. The minimum Gasteiger partial charge on any atom is -0.403 e. The van der Waals surface area contributed by atoms with Gasteiger partial charge in [-0.05, 0) is 37.0 Å². The van der Waals surface area contributed by atoms with E-state index in [9.17, 15) is 17.2 Å². The maximum atomic E-state index is 13.3. The second kappa shape index (κ2) is 5.87. The summed E-state index contributed by atoms with van der Waals surface area (Å²) in [5.41, 5.74) is 0.765. The van der Waals surface area contributed by atoms with Crippen LogP contribution in [0.2, 0.25) is 0 Å². The van der Waals surface area contributed by atoms with Crippen molar-refractivity contribution in [2.45, 2.75) is 23.8 Å². The molecular formula is C15H13F2N5O3S. The van der Waals surface area contributed by atoms with Gasteiger partial charge in [-0.3, -0.25) is 4.68 Å². The van der Waals surface area contributed by atoms with Gasteiger partial charge in [-0.1, -0.05) is 5.10 Å². The normalized spacial score (nSPS) is 14.6. The van der Waals surface area contributed by atoms with Gasteiger partial charge in [0, 0.05) is 18.2 Å². The van der Waals surface area contributed by atoms with Crippen LogP contribution in [0.5, 0.6) is 0 Å². The second-order valence-corrected chi connectivity index (χ2v) is 7.55. The van der Waals surface area contributed by atoms with Crippen LogP contribution < -0.4 is 4.72 Å². The maximum absolute atomic E-state index is 13.3. The van der Waals surface area contributed by atoms with Crippen molar-refractivity contribution in [1.82, 2.24) is 20.0 Å². The van der Waals surface area contributed by atoms with Crippen LogP contribution in [0.25, 0.3) is 11.5 Å². The smallest absolute Gasteiger partial charge is 0.330 e. The predicted molar refractivity (Wildman–Crippen MR) is 85.6 cm³/mol. The molecule has 2 heterocycles. The summed E-state index contributed by atoms with van der Waals surface area (Å²) in [4.78, 5) is 0. The van der Waals surface area contributed by atoms with Crippen molar-refractivity contribution in [1.29, 1.82) is 0 Å². The van der Waals surface area contributed by atoms with Crippen LogP contribution in [-0.4, -0.2) is 28.4 Å². The van der Waals surface area contributed by atoms with Crippen molar-refractivity contribution in [3.63, 3.8) is 0 Å². The molecule has 2 aromatic heterocycles. The first-order valence-electron chi connectivity index (χ1n) is 7.69. The van der Waals surface area contributed by atoms with Crippen molar-refractivity contribution in [3.05, 3.63) is 41.6 Å². The molecule has 4 rings (SSSR count). The summed E-state index contributed by atoms with van der Waals surface area (Å²) in [5.74, 6) is -2.06. The SMILES string of the molecule is Cn1ncc(C2CC2)c1S(=O)(=O)Nc1nnc(-c2ccc(F)c(F)c2)o1. The average Bonchev–Trinajstić information content (AvgIpc) is 3.20.